The summed E-state index contributed by atoms with van der Waals surface area (Å²) in [6.07, 6.45) is 1.60. The second kappa shape index (κ2) is 7.71. The zero-order valence-corrected chi connectivity index (χ0v) is 14.3. The molecular formula is C15H21N3O5S. The van der Waals surface area contributed by atoms with Gasteiger partial charge in [-0.25, -0.2) is 22.9 Å². The standard InChI is InChI=1S/C15H21N3O5S/c1-2-10-24(22,23)17-11-6-8-18(9-7-11)14(19)12-4-3-5-13(16-12)15(20)21/h3-5,11,17H,2,6-10H2,1H3,(H,20,21). The molecule has 0 unspecified atom stereocenters. The molecule has 1 aliphatic heterocycles. The zero-order valence-electron chi connectivity index (χ0n) is 13.4. The summed E-state index contributed by atoms with van der Waals surface area (Å²) >= 11 is 0. The van der Waals surface area contributed by atoms with Crippen LogP contribution in [-0.4, -0.2) is 60.2 Å². The van der Waals surface area contributed by atoms with Crippen LogP contribution in [0.1, 0.15) is 47.2 Å². The number of carboxylic acid groups (broad SMARTS) is 1. The lowest BCUT2D eigenvalue weighted by atomic mass is 10.1. The van der Waals surface area contributed by atoms with E-state index in [0.29, 0.717) is 32.4 Å². The summed E-state index contributed by atoms with van der Waals surface area (Å²) in [6.45, 7) is 2.60. The third-order valence-electron chi connectivity index (χ3n) is 3.79. The number of nitrogens with zero attached hydrogens (tertiary/aromatic N) is 2. The van der Waals surface area contributed by atoms with Crippen molar-refractivity contribution >= 4 is 21.9 Å². The maximum absolute atomic E-state index is 12.4. The number of hydrogen-bond acceptors (Lipinski definition) is 5. The Morgan fingerprint density at radius 2 is 1.92 bits per heavy atom. The molecule has 0 atom stereocenters. The maximum atomic E-state index is 12.4. The third-order valence-corrected chi connectivity index (χ3v) is 5.43. The van der Waals surface area contributed by atoms with Gasteiger partial charge in [-0.15, -0.1) is 0 Å². The molecule has 0 aromatic carbocycles. The lowest BCUT2D eigenvalue weighted by molar-refractivity contribution is 0.0688. The van der Waals surface area contributed by atoms with Gasteiger partial charge in [0.1, 0.15) is 11.4 Å². The molecule has 0 radical (unpaired) electrons. The number of piperidine rings is 1. The number of pyridine rings is 1. The summed E-state index contributed by atoms with van der Waals surface area (Å²) < 4.78 is 26.2. The van der Waals surface area contributed by atoms with E-state index in [0.717, 1.165) is 0 Å². The average molecular weight is 355 g/mol. The third kappa shape index (κ3) is 4.75. The molecule has 2 heterocycles. The van der Waals surface area contributed by atoms with Crippen LogP contribution in [0, 0.1) is 0 Å². The Balaban J connectivity index is 1.96. The highest BCUT2D eigenvalue weighted by molar-refractivity contribution is 7.89. The molecule has 24 heavy (non-hydrogen) atoms. The Morgan fingerprint density at radius 3 is 2.50 bits per heavy atom. The van der Waals surface area contributed by atoms with Gasteiger partial charge in [-0.05, 0) is 31.4 Å². The second-order valence-corrected chi connectivity index (χ2v) is 7.59. The molecule has 132 valence electrons. The Kier molecular flexibility index (Phi) is 5.89. The number of sulfonamides is 1. The van der Waals surface area contributed by atoms with E-state index >= 15 is 0 Å². The van der Waals surface area contributed by atoms with Crippen LogP contribution in [0.4, 0.5) is 0 Å². The van der Waals surface area contributed by atoms with Crippen LogP contribution in [0.5, 0.6) is 0 Å². The number of aromatic carboxylic acids is 1. The molecule has 1 saturated heterocycles. The molecule has 1 amide bonds. The van der Waals surface area contributed by atoms with Gasteiger partial charge in [0.2, 0.25) is 10.0 Å². The van der Waals surface area contributed by atoms with Crippen molar-refractivity contribution in [1.29, 1.82) is 0 Å². The molecule has 2 rings (SSSR count). The Hall–Kier alpha value is -2.00. The van der Waals surface area contributed by atoms with Gasteiger partial charge in [-0.2, -0.15) is 0 Å². The van der Waals surface area contributed by atoms with Gasteiger partial charge in [0.25, 0.3) is 5.91 Å². The minimum absolute atomic E-state index is 0.0833. The van der Waals surface area contributed by atoms with Gasteiger partial charge in [0.15, 0.2) is 0 Å². The number of amides is 1. The number of nitrogens with one attached hydrogen (secondary N) is 1. The first-order chi connectivity index (χ1) is 11.3. The van der Waals surface area contributed by atoms with Gasteiger partial charge in [-0.3, -0.25) is 4.79 Å². The second-order valence-electron chi connectivity index (χ2n) is 5.72. The van der Waals surface area contributed by atoms with Crippen LogP contribution in [0.3, 0.4) is 0 Å². The number of carboxylic acids is 1. The van der Waals surface area contributed by atoms with Crippen LogP contribution < -0.4 is 4.72 Å². The summed E-state index contributed by atoms with van der Waals surface area (Å²) in [7, 11) is -3.27. The van der Waals surface area contributed by atoms with E-state index in [2.05, 4.69) is 9.71 Å². The quantitative estimate of drug-likeness (QED) is 0.776. The summed E-state index contributed by atoms with van der Waals surface area (Å²) in [5, 5.41) is 8.94. The minimum atomic E-state index is -3.27. The average Bonchev–Trinajstić information content (AvgIpc) is 2.54. The fourth-order valence-electron chi connectivity index (χ4n) is 2.62. The molecule has 8 nitrogen and oxygen atoms in total. The molecule has 0 saturated carbocycles. The van der Waals surface area contributed by atoms with E-state index in [4.69, 9.17) is 5.11 Å². The highest BCUT2D eigenvalue weighted by Crippen LogP contribution is 2.14. The normalized spacial score (nSPS) is 16.1. The fraction of sp³-hybridized carbons (Fsp3) is 0.533. The van der Waals surface area contributed by atoms with Gasteiger partial charge in [-0.1, -0.05) is 13.0 Å². The monoisotopic (exact) mass is 355 g/mol. The molecule has 0 aliphatic carbocycles. The van der Waals surface area contributed by atoms with Crippen molar-refractivity contribution in [3.8, 4) is 0 Å². The van der Waals surface area contributed by atoms with Gasteiger partial charge in [0, 0.05) is 19.1 Å². The number of aromatic nitrogens is 1. The summed E-state index contributed by atoms with van der Waals surface area (Å²) in [6, 6.07) is 4.11. The van der Waals surface area contributed by atoms with Crippen LogP contribution in [0.2, 0.25) is 0 Å². The molecule has 1 aromatic rings. The van der Waals surface area contributed by atoms with Crippen molar-refractivity contribution in [2.75, 3.05) is 18.8 Å². The maximum Gasteiger partial charge on any atom is 0.354 e. The van der Waals surface area contributed by atoms with E-state index in [1.54, 1.807) is 11.8 Å². The molecule has 1 aromatic heterocycles. The first-order valence-corrected chi connectivity index (χ1v) is 9.47. The van der Waals surface area contributed by atoms with E-state index in [9.17, 15) is 18.0 Å². The Labute approximate surface area is 140 Å². The Morgan fingerprint density at radius 1 is 1.29 bits per heavy atom. The van der Waals surface area contributed by atoms with Crippen molar-refractivity contribution < 1.29 is 23.1 Å². The zero-order chi connectivity index (χ0) is 17.7. The van der Waals surface area contributed by atoms with Gasteiger partial charge >= 0.3 is 5.97 Å². The lowest BCUT2D eigenvalue weighted by Crippen LogP contribution is -2.47. The van der Waals surface area contributed by atoms with Crippen molar-refractivity contribution in [3.63, 3.8) is 0 Å². The van der Waals surface area contributed by atoms with Crippen molar-refractivity contribution in [3.05, 3.63) is 29.6 Å². The molecule has 0 bridgehead atoms. The first kappa shape index (κ1) is 18.3. The predicted octanol–water partition coefficient (Wildman–Crippen LogP) is 0.714. The van der Waals surface area contributed by atoms with E-state index in [-0.39, 0.29) is 29.1 Å². The first-order valence-electron chi connectivity index (χ1n) is 7.82. The van der Waals surface area contributed by atoms with Crippen LogP contribution >= 0.6 is 0 Å². The van der Waals surface area contributed by atoms with E-state index < -0.39 is 16.0 Å². The van der Waals surface area contributed by atoms with Crippen LogP contribution in [0.25, 0.3) is 0 Å². The number of hydrogen-bond donors (Lipinski definition) is 2. The topological polar surface area (TPSA) is 117 Å². The largest absolute Gasteiger partial charge is 0.477 e. The molecule has 1 fully saturated rings. The number of carbonyl (C=O) groups excluding carboxylic acids is 1. The summed E-state index contributed by atoms with van der Waals surface area (Å²) in [5.41, 5.74) is -0.0945. The number of likely N-dealkylation sites (tertiary alicyclic amines) is 1. The molecular weight excluding hydrogens is 334 g/mol. The predicted molar refractivity (Wildman–Crippen MR) is 87.3 cm³/mol. The summed E-state index contributed by atoms with van der Waals surface area (Å²) in [5.74, 6) is -1.43. The van der Waals surface area contributed by atoms with Crippen molar-refractivity contribution in [2.45, 2.75) is 32.2 Å². The number of carbonyl (C=O) groups is 2. The van der Waals surface area contributed by atoms with Crippen LogP contribution in [0.15, 0.2) is 18.2 Å². The van der Waals surface area contributed by atoms with E-state index in [1.165, 1.54) is 18.2 Å². The SMILES string of the molecule is CCCS(=O)(=O)NC1CCN(C(=O)c2cccc(C(=O)O)n2)CC1. The van der Waals surface area contributed by atoms with Gasteiger partial charge in [0.05, 0.1) is 5.75 Å². The lowest BCUT2D eigenvalue weighted by Gasteiger charge is -2.32. The number of rotatable bonds is 6. The van der Waals surface area contributed by atoms with Crippen molar-refractivity contribution in [2.24, 2.45) is 0 Å². The van der Waals surface area contributed by atoms with Crippen molar-refractivity contribution in [1.82, 2.24) is 14.6 Å². The highest BCUT2D eigenvalue weighted by Gasteiger charge is 2.27. The molecule has 1 aliphatic rings. The minimum Gasteiger partial charge on any atom is -0.477 e. The Bertz CT molecular complexity index is 712. The fourth-order valence-corrected chi connectivity index (χ4v) is 4.02. The van der Waals surface area contributed by atoms with Gasteiger partial charge < -0.3 is 10.0 Å². The van der Waals surface area contributed by atoms with E-state index in [1.807, 2.05) is 0 Å². The molecule has 9 heteroatoms. The highest BCUT2D eigenvalue weighted by atomic mass is 32.2. The molecule has 2 N–H and O–H groups in total. The smallest absolute Gasteiger partial charge is 0.354 e. The van der Waals surface area contributed by atoms with Crippen LogP contribution in [-0.2, 0) is 10.0 Å². The molecule has 0 spiro atoms. The summed E-state index contributed by atoms with van der Waals surface area (Å²) in [4.78, 5) is 28.7.